The van der Waals surface area contributed by atoms with Crippen LogP contribution in [0.4, 0.5) is 17.2 Å². The summed E-state index contributed by atoms with van der Waals surface area (Å²) in [7, 11) is 0. The van der Waals surface area contributed by atoms with Crippen LogP contribution in [-0.2, 0) is 0 Å². The van der Waals surface area contributed by atoms with Gasteiger partial charge in [0.15, 0.2) is 5.82 Å². The molecule has 0 saturated heterocycles. The first kappa shape index (κ1) is 16.1. The zero-order chi connectivity index (χ0) is 17.1. The van der Waals surface area contributed by atoms with Crippen LogP contribution in [0.1, 0.15) is 0 Å². The van der Waals surface area contributed by atoms with Crippen molar-refractivity contribution < 1.29 is 4.92 Å². The van der Waals surface area contributed by atoms with E-state index in [1.165, 1.54) is 24.3 Å². The molecule has 0 aliphatic heterocycles. The summed E-state index contributed by atoms with van der Waals surface area (Å²) in [5.74, 6) is 0.685. The molecular weight excluding hydrogens is 353 g/mol. The van der Waals surface area contributed by atoms with E-state index in [0.717, 1.165) is 5.56 Å². The van der Waals surface area contributed by atoms with E-state index >= 15 is 0 Å². The lowest BCUT2D eigenvalue weighted by molar-refractivity contribution is -0.383. The standard InChI is InChI=1S/C15H9Cl2N5O2/c16-10-1-2-12(22(23)24)11(7-10)19-14-8-13(17)20-15(21-14)9-3-5-18-6-4-9/h1-8H,(H,19,20,21). The van der Waals surface area contributed by atoms with Crippen molar-refractivity contribution in [2.75, 3.05) is 5.32 Å². The molecule has 3 rings (SSSR count). The summed E-state index contributed by atoms with van der Waals surface area (Å²) < 4.78 is 0. The lowest BCUT2D eigenvalue weighted by Gasteiger charge is -2.09. The zero-order valence-electron chi connectivity index (χ0n) is 12.0. The molecule has 0 aliphatic rings. The van der Waals surface area contributed by atoms with Crippen LogP contribution >= 0.6 is 23.2 Å². The number of hydrogen-bond donors (Lipinski definition) is 1. The molecule has 7 nitrogen and oxygen atoms in total. The molecule has 9 heteroatoms. The Morgan fingerprint density at radius 2 is 1.79 bits per heavy atom. The fraction of sp³-hybridized carbons (Fsp3) is 0. The van der Waals surface area contributed by atoms with Crippen molar-refractivity contribution >= 4 is 40.4 Å². The summed E-state index contributed by atoms with van der Waals surface area (Å²) >= 11 is 12.0. The van der Waals surface area contributed by atoms with Gasteiger partial charge in [-0.05, 0) is 24.3 Å². The summed E-state index contributed by atoms with van der Waals surface area (Å²) in [6.45, 7) is 0. The van der Waals surface area contributed by atoms with Crippen LogP contribution in [0.3, 0.4) is 0 Å². The maximum atomic E-state index is 11.1. The van der Waals surface area contributed by atoms with Crippen LogP contribution in [-0.4, -0.2) is 19.9 Å². The van der Waals surface area contributed by atoms with Crippen LogP contribution in [0.15, 0.2) is 48.8 Å². The Morgan fingerprint density at radius 3 is 2.50 bits per heavy atom. The maximum Gasteiger partial charge on any atom is 0.292 e. The summed E-state index contributed by atoms with van der Waals surface area (Å²) in [6, 6.07) is 9.14. The van der Waals surface area contributed by atoms with E-state index < -0.39 is 4.92 Å². The van der Waals surface area contributed by atoms with Crippen molar-refractivity contribution in [1.29, 1.82) is 0 Å². The molecule has 0 spiro atoms. The van der Waals surface area contributed by atoms with Gasteiger partial charge in [-0.2, -0.15) is 0 Å². The first-order chi connectivity index (χ1) is 11.5. The highest BCUT2D eigenvalue weighted by molar-refractivity contribution is 6.31. The van der Waals surface area contributed by atoms with Gasteiger partial charge in [-0.3, -0.25) is 15.1 Å². The van der Waals surface area contributed by atoms with Gasteiger partial charge in [0.05, 0.1) is 4.92 Å². The van der Waals surface area contributed by atoms with Gasteiger partial charge in [0.1, 0.15) is 16.7 Å². The fourth-order valence-electron chi connectivity index (χ4n) is 2.02. The predicted octanol–water partition coefficient (Wildman–Crippen LogP) is 4.50. The quantitative estimate of drug-likeness (QED) is 0.417. The lowest BCUT2D eigenvalue weighted by atomic mass is 10.2. The lowest BCUT2D eigenvalue weighted by Crippen LogP contribution is -2.01. The number of nitrogens with zero attached hydrogens (tertiary/aromatic N) is 4. The largest absolute Gasteiger partial charge is 0.334 e. The van der Waals surface area contributed by atoms with E-state index in [2.05, 4.69) is 20.3 Å². The molecule has 24 heavy (non-hydrogen) atoms. The van der Waals surface area contributed by atoms with Gasteiger partial charge in [-0.15, -0.1) is 0 Å². The van der Waals surface area contributed by atoms with Gasteiger partial charge < -0.3 is 5.32 Å². The fourth-order valence-corrected chi connectivity index (χ4v) is 2.37. The predicted molar refractivity (Wildman–Crippen MR) is 91.7 cm³/mol. The van der Waals surface area contributed by atoms with Crippen molar-refractivity contribution in [1.82, 2.24) is 15.0 Å². The third-order valence-electron chi connectivity index (χ3n) is 3.05. The number of anilines is 2. The molecule has 0 atom stereocenters. The molecular formula is C15H9Cl2N5O2. The number of nitro benzene ring substituents is 1. The topological polar surface area (TPSA) is 93.8 Å². The third kappa shape index (κ3) is 3.58. The zero-order valence-corrected chi connectivity index (χ0v) is 13.5. The van der Waals surface area contributed by atoms with Crippen molar-refractivity contribution in [2.24, 2.45) is 0 Å². The van der Waals surface area contributed by atoms with E-state index in [1.54, 1.807) is 24.5 Å². The van der Waals surface area contributed by atoms with Crippen LogP contribution in [0.2, 0.25) is 10.2 Å². The summed E-state index contributed by atoms with van der Waals surface area (Å²) in [4.78, 5) is 23.0. The molecule has 1 aromatic carbocycles. The SMILES string of the molecule is O=[N+]([O-])c1ccc(Cl)cc1Nc1cc(Cl)nc(-c2ccncc2)n1. The minimum absolute atomic E-state index is 0.125. The van der Waals surface area contributed by atoms with Gasteiger partial charge in [-0.1, -0.05) is 23.2 Å². The van der Waals surface area contributed by atoms with Gasteiger partial charge in [0.2, 0.25) is 0 Å². The minimum atomic E-state index is -0.509. The Morgan fingerprint density at radius 1 is 1.04 bits per heavy atom. The van der Waals surface area contributed by atoms with Crippen LogP contribution in [0, 0.1) is 10.1 Å². The van der Waals surface area contributed by atoms with E-state index in [4.69, 9.17) is 23.2 Å². The minimum Gasteiger partial charge on any atom is -0.334 e. The number of pyridine rings is 1. The highest BCUT2D eigenvalue weighted by Gasteiger charge is 2.15. The molecule has 2 heterocycles. The number of nitrogens with one attached hydrogen (secondary N) is 1. The van der Waals surface area contributed by atoms with Gasteiger partial charge in [0.25, 0.3) is 5.69 Å². The molecule has 0 radical (unpaired) electrons. The highest BCUT2D eigenvalue weighted by Crippen LogP contribution is 2.31. The number of rotatable bonds is 4. The van der Waals surface area contributed by atoms with Gasteiger partial charge in [-0.25, -0.2) is 9.97 Å². The van der Waals surface area contributed by atoms with E-state index in [1.807, 2.05) is 0 Å². The normalized spacial score (nSPS) is 10.4. The van der Waals surface area contributed by atoms with Crippen LogP contribution in [0.5, 0.6) is 0 Å². The summed E-state index contributed by atoms with van der Waals surface area (Å²) in [6.07, 6.45) is 3.21. The molecule has 120 valence electrons. The second-order valence-corrected chi connectivity index (χ2v) is 5.50. The van der Waals surface area contributed by atoms with E-state index in [-0.39, 0.29) is 16.5 Å². The molecule has 0 bridgehead atoms. The van der Waals surface area contributed by atoms with Gasteiger partial charge >= 0.3 is 0 Å². The number of benzene rings is 1. The monoisotopic (exact) mass is 361 g/mol. The number of nitro groups is 1. The second kappa shape index (κ2) is 6.77. The van der Waals surface area contributed by atoms with Crippen molar-refractivity contribution in [2.45, 2.75) is 0 Å². The molecule has 0 amide bonds. The Kier molecular flexibility index (Phi) is 4.54. The summed E-state index contributed by atoms with van der Waals surface area (Å²) in [5.41, 5.74) is 0.804. The Labute approximate surface area is 146 Å². The molecule has 0 fully saturated rings. The molecule has 0 aliphatic carbocycles. The van der Waals surface area contributed by atoms with E-state index in [0.29, 0.717) is 16.7 Å². The number of halogens is 2. The Balaban J connectivity index is 2.01. The van der Waals surface area contributed by atoms with Crippen LogP contribution < -0.4 is 5.32 Å². The highest BCUT2D eigenvalue weighted by atomic mass is 35.5. The molecule has 2 aromatic heterocycles. The number of aromatic nitrogens is 3. The molecule has 3 aromatic rings. The first-order valence-corrected chi connectivity index (χ1v) is 7.44. The first-order valence-electron chi connectivity index (χ1n) is 6.69. The van der Waals surface area contributed by atoms with Gasteiger partial charge in [0, 0.05) is 35.1 Å². The second-order valence-electron chi connectivity index (χ2n) is 4.68. The van der Waals surface area contributed by atoms with Crippen molar-refractivity contribution in [3.63, 3.8) is 0 Å². The van der Waals surface area contributed by atoms with Crippen LogP contribution in [0.25, 0.3) is 11.4 Å². The third-order valence-corrected chi connectivity index (χ3v) is 3.48. The smallest absolute Gasteiger partial charge is 0.292 e. The molecule has 1 N–H and O–H groups in total. The average Bonchev–Trinajstić information content (AvgIpc) is 2.55. The number of hydrogen-bond acceptors (Lipinski definition) is 6. The average molecular weight is 362 g/mol. The summed E-state index contributed by atoms with van der Waals surface area (Å²) in [5, 5.41) is 14.6. The molecule has 0 unspecified atom stereocenters. The Hall–Kier alpha value is -2.77. The Bertz CT molecular complexity index is 906. The maximum absolute atomic E-state index is 11.1. The molecule has 0 saturated carbocycles. The van der Waals surface area contributed by atoms with Crippen molar-refractivity contribution in [3.05, 3.63) is 69.1 Å². The van der Waals surface area contributed by atoms with Crippen molar-refractivity contribution in [3.8, 4) is 11.4 Å². The van der Waals surface area contributed by atoms with E-state index in [9.17, 15) is 10.1 Å².